The molecule has 1 saturated heterocycles. The molecule has 19 heavy (non-hydrogen) atoms. The van der Waals surface area contributed by atoms with Crippen LogP contribution in [0.1, 0.15) is 43.7 Å². The average molecular weight is 301 g/mol. The Morgan fingerprint density at radius 3 is 2.84 bits per heavy atom. The zero-order valence-corrected chi connectivity index (χ0v) is 12.4. The molecule has 0 unspecified atom stereocenters. The molecular weight excluding hydrogens is 281 g/mol. The molecule has 2 aliphatic rings. The first-order chi connectivity index (χ1) is 9.10. The molecule has 2 nitrogen and oxygen atoms in total. The van der Waals surface area contributed by atoms with Gasteiger partial charge in [0.1, 0.15) is 6.04 Å². The van der Waals surface area contributed by atoms with Gasteiger partial charge in [-0.1, -0.05) is 42.1 Å². The highest BCUT2D eigenvalue weighted by Gasteiger charge is 2.48. The summed E-state index contributed by atoms with van der Waals surface area (Å²) in [7, 11) is 0. The Morgan fingerprint density at radius 1 is 1.21 bits per heavy atom. The standard InChI is InChI=1S/C15H19Cl2NO/c16-10-4-5-11(13(17)9-10)14-12-3-1-2-6-15(12,19)7-8-18-14/h4-5,9,12,14,18-19H,1-3,6-8H2/p+1/t12-,14+,15-/m0/s1. The van der Waals surface area contributed by atoms with Gasteiger partial charge in [0, 0.05) is 22.9 Å². The third kappa shape index (κ3) is 2.52. The van der Waals surface area contributed by atoms with Crippen molar-refractivity contribution < 1.29 is 10.4 Å². The highest BCUT2D eigenvalue weighted by molar-refractivity contribution is 6.35. The summed E-state index contributed by atoms with van der Waals surface area (Å²) in [5, 5.41) is 14.6. The van der Waals surface area contributed by atoms with Gasteiger partial charge in [0.15, 0.2) is 0 Å². The van der Waals surface area contributed by atoms with Gasteiger partial charge in [0.25, 0.3) is 0 Å². The number of nitrogens with two attached hydrogens (primary N) is 1. The molecule has 1 aromatic carbocycles. The molecule has 0 amide bonds. The number of piperidine rings is 1. The van der Waals surface area contributed by atoms with E-state index >= 15 is 0 Å². The van der Waals surface area contributed by atoms with Crippen LogP contribution in [-0.2, 0) is 0 Å². The van der Waals surface area contributed by atoms with Crippen molar-refractivity contribution in [1.29, 1.82) is 0 Å². The van der Waals surface area contributed by atoms with Crippen molar-refractivity contribution in [2.75, 3.05) is 6.54 Å². The summed E-state index contributed by atoms with van der Waals surface area (Å²) < 4.78 is 0. The third-order valence-electron chi connectivity index (χ3n) is 4.82. The van der Waals surface area contributed by atoms with Crippen LogP contribution < -0.4 is 5.32 Å². The number of aliphatic hydroxyl groups is 1. The zero-order chi connectivity index (χ0) is 13.5. The van der Waals surface area contributed by atoms with Crippen LogP contribution in [0.25, 0.3) is 0 Å². The molecule has 1 heterocycles. The number of benzene rings is 1. The van der Waals surface area contributed by atoms with Crippen LogP contribution in [0, 0.1) is 5.92 Å². The molecule has 104 valence electrons. The molecule has 0 radical (unpaired) electrons. The van der Waals surface area contributed by atoms with E-state index < -0.39 is 5.60 Å². The topological polar surface area (TPSA) is 36.8 Å². The molecule has 4 heteroatoms. The van der Waals surface area contributed by atoms with Crippen LogP contribution in [-0.4, -0.2) is 17.3 Å². The molecule has 0 bridgehead atoms. The Bertz CT molecular complexity index is 475. The van der Waals surface area contributed by atoms with E-state index in [1.54, 1.807) is 0 Å². The largest absolute Gasteiger partial charge is 0.389 e. The quantitative estimate of drug-likeness (QED) is 0.822. The van der Waals surface area contributed by atoms with Gasteiger partial charge in [-0.05, 0) is 25.0 Å². The highest BCUT2D eigenvalue weighted by Crippen LogP contribution is 2.44. The van der Waals surface area contributed by atoms with Gasteiger partial charge < -0.3 is 10.4 Å². The van der Waals surface area contributed by atoms with Crippen LogP contribution in [0.3, 0.4) is 0 Å². The third-order valence-corrected chi connectivity index (χ3v) is 5.38. The predicted molar refractivity (Wildman–Crippen MR) is 77.5 cm³/mol. The van der Waals surface area contributed by atoms with Crippen molar-refractivity contribution in [2.45, 2.75) is 43.7 Å². The number of halogens is 2. The summed E-state index contributed by atoms with van der Waals surface area (Å²) in [6.45, 7) is 0.969. The molecule has 1 aliphatic carbocycles. The summed E-state index contributed by atoms with van der Waals surface area (Å²) in [4.78, 5) is 0. The lowest BCUT2D eigenvalue weighted by molar-refractivity contribution is -0.719. The first kappa shape index (κ1) is 13.7. The Kier molecular flexibility index (Phi) is 3.78. The second-order valence-corrected chi connectivity index (χ2v) is 6.77. The Balaban J connectivity index is 1.94. The minimum Gasteiger partial charge on any atom is -0.389 e. The molecular formula is C15H20Cl2NO+. The van der Waals surface area contributed by atoms with Crippen LogP contribution in [0.2, 0.25) is 10.0 Å². The van der Waals surface area contributed by atoms with Gasteiger partial charge in [0.2, 0.25) is 0 Å². The smallest absolute Gasteiger partial charge is 0.119 e. The summed E-state index contributed by atoms with van der Waals surface area (Å²) in [6.07, 6.45) is 5.29. The highest BCUT2D eigenvalue weighted by atomic mass is 35.5. The van der Waals surface area contributed by atoms with E-state index in [2.05, 4.69) is 5.32 Å². The molecule has 3 rings (SSSR count). The van der Waals surface area contributed by atoms with Crippen molar-refractivity contribution in [3.05, 3.63) is 33.8 Å². The lowest BCUT2D eigenvalue weighted by atomic mass is 9.67. The van der Waals surface area contributed by atoms with Crippen molar-refractivity contribution in [2.24, 2.45) is 5.92 Å². The van der Waals surface area contributed by atoms with Gasteiger partial charge >= 0.3 is 0 Å². The van der Waals surface area contributed by atoms with Crippen LogP contribution in [0.5, 0.6) is 0 Å². The first-order valence-electron chi connectivity index (χ1n) is 7.11. The van der Waals surface area contributed by atoms with Gasteiger partial charge in [-0.3, -0.25) is 0 Å². The fourth-order valence-corrected chi connectivity index (χ4v) is 4.40. The van der Waals surface area contributed by atoms with Gasteiger partial charge in [-0.25, -0.2) is 0 Å². The van der Waals surface area contributed by atoms with Crippen LogP contribution in [0.15, 0.2) is 18.2 Å². The fraction of sp³-hybridized carbons (Fsp3) is 0.600. The number of hydrogen-bond donors (Lipinski definition) is 2. The van der Waals surface area contributed by atoms with E-state index in [1.807, 2.05) is 18.2 Å². The molecule has 1 aliphatic heterocycles. The molecule has 3 atom stereocenters. The molecule has 0 aromatic heterocycles. The molecule has 3 N–H and O–H groups in total. The Morgan fingerprint density at radius 2 is 2.05 bits per heavy atom. The van der Waals surface area contributed by atoms with Gasteiger partial charge in [0.05, 0.1) is 17.2 Å². The number of fused-ring (bicyclic) bond motifs is 1. The van der Waals surface area contributed by atoms with E-state index in [1.165, 1.54) is 6.42 Å². The monoisotopic (exact) mass is 300 g/mol. The molecule has 1 aromatic rings. The second-order valence-electron chi connectivity index (χ2n) is 5.92. The van der Waals surface area contributed by atoms with Gasteiger partial charge in [-0.2, -0.15) is 0 Å². The lowest BCUT2D eigenvalue weighted by Crippen LogP contribution is -2.91. The van der Waals surface area contributed by atoms with E-state index in [-0.39, 0.29) is 6.04 Å². The lowest BCUT2D eigenvalue weighted by Gasteiger charge is -2.46. The molecule has 0 spiro atoms. The summed E-state index contributed by atoms with van der Waals surface area (Å²) in [5.74, 6) is 0.314. The van der Waals surface area contributed by atoms with E-state index in [9.17, 15) is 5.11 Å². The molecule has 2 fully saturated rings. The summed E-state index contributed by atoms with van der Waals surface area (Å²) in [5.41, 5.74) is 0.636. The minimum atomic E-state index is -0.485. The van der Waals surface area contributed by atoms with Gasteiger partial charge in [-0.15, -0.1) is 0 Å². The van der Waals surface area contributed by atoms with E-state index in [0.717, 1.165) is 42.8 Å². The average Bonchev–Trinajstić information content (AvgIpc) is 2.37. The number of rotatable bonds is 1. The Labute approximate surface area is 124 Å². The number of quaternary nitrogens is 1. The predicted octanol–water partition coefficient (Wildman–Crippen LogP) is 2.92. The Hall–Kier alpha value is -0.280. The van der Waals surface area contributed by atoms with Crippen molar-refractivity contribution >= 4 is 23.2 Å². The molecule has 1 saturated carbocycles. The van der Waals surface area contributed by atoms with Crippen LogP contribution >= 0.6 is 23.2 Å². The van der Waals surface area contributed by atoms with Crippen molar-refractivity contribution in [3.8, 4) is 0 Å². The minimum absolute atomic E-state index is 0.267. The SMILES string of the molecule is O[C@]12CCCC[C@H]1[C@@H](c1ccc(Cl)cc1Cl)[NH2+]CC2. The first-order valence-corrected chi connectivity index (χ1v) is 7.86. The van der Waals surface area contributed by atoms with E-state index in [4.69, 9.17) is 23.2 Å². The maximum absolute atomic E-state index is 10.9. The van der Waals surface area contributed by atoms with Crippen molar-refractivity contribution in [3.63, 3.8) is 0 Å². The van der Waals surface area contributed by atoms with Crippen molar-refractivity contribution in [1.82, 2.24) is 0 Å². The summed E-state index contributed by atoms with van der Waals surface area (Å²) >= 11 is 12.3. The maximum atomic E-state index is 10.9. The number of hydrogen-bond acceptors (Lipinski definition) is 1. The normalized spacial score (nSPS) is 34.9. The summed E-state index contributed by atoms with van der Waals surface area (Å²) in [6, 6.07) is 5.99. The second kappa shape index (κ2) is 5.25. The van der Waals surface area contributed by atoms with Crippen LogP contribution in [0.4, 0.5) is 0 Å². The fourth-order valence-electron chi connectivity index (χ4n) is 3.87. The maximum Gasteiger partial charge on any atom is 0.119 e. The zero-order valence-electron chi connectivity index (χ0n) is 10.9. The van der Waals surface area contributed by atoms with E-state index in [0.29, 0.717) is 10.9 Å².